The Morgan fingerprint density at radius 3 is 2.14 bits per heavy atom. The van der Waals surface area contributed by atoms with Crippen LogP contribution in [0.15, 0.2) is 0 Å². The van der Waals surface area contributed by atoms with Crippen LogP contribution in [0.25, 0.3) is 0 Å². The van der Waals surface area contributed by atoms with E-state index in [1.807, 2.05) is 0 Å². The average Bonchev–Trinajstić information content (AvgIpc) is 2.14. The second-order valence-electron chi connectivity index (χ2n) is 5.84. The first-order valence-electron chi connectivity index (χ1n) is 6.28. The van der Waals surface area contributed by atoms with Crippen molar-refractivity contribution in [2.75, 3.05) is 6.54 Å². The summed E-state index contributed by atoms with van der Waals surface area (Å²) in [4.78, 5) is 0. The summed E-state index contributed by atoms with van der Waals surface area (Å²) in [5.74, 6) is 1.92. The molecule has 0 aromatic rings. The average molecular weight is 197 g/mol. The predicted molar refractivity (Wildman–Crippen MR) is 63.5 cm³/mol. The highest BCUT2D eigenvalue weighted by molar-refractivity contribution is 4.79. The van der Waals surface area contributed by atoms with Gasteiger partial charge < -0.3 is 5.32 Å². The van der Waals surface area contributed by atoms with E-state index in [0.717, 1.165) is 11.8 Å². The molecule has 1 N–H and O–H groups in total. The lowest BCUT2D eigenvalue weighted by Crippen LogP contribution is -2.41. The maximum Gasteiger partial charge on any atom is 0.00966 e. The van der Waals surface area contributed by atoms with Crippen molar-refractivity contribution in [3.05, 3.63) is 0 Å². The topological polar surface area (TPSA) is 12.0 Å². The van der Waals surface area contributed by atoms with E-state index in [4.69, 9.17) is 0 Å². The zero-order chi connectivity index (χ0) is 10.6. The molecule has 0 aliphatic heterocycles. The Labute approximate surface area is 89.7 Å². The van der Waals surface area contributed by atoms with Crippen molar-refractivity contribution in [3.8, 4) is 0 Å². The molecule has 0 saturated heterocycles. The van der Waals surface area contributed by atoms with Gasteiger partial charge in [-0.1, -0.05) is 32.6 Å². The minimum Gasteiger partial charge on any atom is -0.312 e. The Morgan fingerprint density at radius 2 is 1.64 bits per heavy atom. The summed E-state index contributed by atoms with van der Waals surface area (Å²) >= 11 is 0. The number of hydrogen-bond donors (Lipinski definition) is 1. The maximum atomic E-state index is 3.66. The minimum absolute atomic E-state index is 0.287. The van der Waals surface area contributed by atoms with Gasteiger partial charge in [0.2, 0.25) is 0 Å². The number of nitrogens with one attached hydrogen (secondary N) is 1. The van der Waals surface area contributed by atoms with Gasteiger partial charge in [-0.05, 0) is 45.6 Å². The molecule has 0 bridgehead atoms. The number of rotatable bonds is 3. The van der Waals surface area contributed by atoms with Crippen LogP contribution in [0.2, 0.25) is 0 Å². The van der Waals surface area contributed by atoms with E-state index in [1.165, 1.54) is 38.6 Å². The zero-order valence-electron chi connectivity index (χ0n) is 10.4. The van der Waals surface area contributed by atoms with E-state index in [1.54, 1.807) is 0 Å². The first-order chi connectivity index (χ1) is 6.53. The third kappa shape index (κ3) is 4.00. The van der Waals surface area contributed by atoms with Crippen LogP contribution in [-0.2, 0) is 0 Å². The van der Waals surface area contributed by atoms with Crippen LogP contribution in [0.4, 0.5) is 0 Å². The Balaban J connectivity index is 2.33. The van der Waals surface area contributed by atoms with Gasteiger partial charge in [0, 0.05) is 5.54 Å². The molecule has 1 rings (SSSR count). The van der Waals surface area contributed by atoms with Crippen LogP contribution in [0.5, 0.6) is 0 Å². The second kappa shape index (κ2) is 5.16. The fourth-order valence-corrected chi connectivity index (χ4v) is 2.53. The fourth-order valence-electron chi connectivity index (χ4n) is 2.53. The lowest BCUT2D eigenvalue weighted by atomic mass is 9.77. The van der Waals surface area contributed by atoms with Gasteiger partial charge in [-0.15, -0.1) is 0 Å². The monoisotopic (exact) mass is 197 g/mol. The summed E-state index contributed by atoms with van der Waals surface area (Å²) in [7, 11) is 0. The summed E-state index contributed by atoms with van der Waals surface area (Å²) in [6.07, 6.45) is 7.20. The van der Waals surface area contributed by atoms with Crippen molar-refractivity contribution in [2.24, 2.45) is 11.8 Å². The summed E-state index contributed by atoms with van der Waals surface area (Å²) in [6.45, 7) is 10.4. The van der Waals surface area contributed by atoms with Crippen molar-refractivity contribution < 1.29 is 0 Å². The predicted octanol–water partition coefficient (Wildman–Crippen LogP) is 3.59. The fraction of sp³-hybridized carbons (Fsp3) is 1.00. The van der Waals surface area contributed by atoms with E-state index >= 15 is 0 Å². The molecule has 2 atom stereocenters. The molecule has 0 radical (unpaired) electrons. The van der Waals surface area contributed by atoms with Gasteiger partial charge in [0.25, 0.3) is 0 Å². The molecule has 0 heterocycles. The van der Waals surface area contributed by atoms with Crippen molar-refractivity contribution in [1.82, 2.24) is 5.32 Å². The Bertz CT molecular complexity index is 157. The summed E-state index contributed by atoms with van der Waals surface area (Å²) < 4.78 is 0. The highest BCUT2D eigenvalue weighted by Gasteiger charge is 2.24. The summed E-state index contributed by atoms with van der Waals surface area (Å²) in [5.41, 5.74) is 0.287. The van der Waals surface area contributed by atoms with Gasteiger partial charge in [-0.25, -0.2) is 0 Å². The first kappa shape index (κ1) is 12.0. The van der Waals surface area contributed by atoms with Gasteiger partial charge in [0.05, 0.1) is 0 Å². The molecule has 0 aromatic heterocycles. The van der Waals surface area contributed by atoms with E-state index in [9.17, 15) is 0 Å². The molecule has 0 amide bonds. The highest BCUT2D eigenvalue weighted by Crippen LogP contribution is 2.31. The van der Waals surface area contributed by atoms with Crippen molar-refractivity contribution in [2.45, 2.75) is 65.3 Å². The minimum atomic E-state index is 0.287. The van der Waals surface area contributed by atoms with E-state index in [-0.39, 0.29) is 5.54 Å². The summed E-state index contributed by atoms with van der Waals surface area (Å²) in [5, 5.41) is 3.66. The zero-order valence-corrected chi connectivity index (χ0v) is 10.4. The lowest BCUT2D eigenvalue weighted by Gasteiger charge is -2.33. The normalized spacial score (nSPS) is 29.1. The Morgan fingerprint density at radius 1 is 1.07 bits per heavy atom. The molecule has 84 valence electrons. The molecule has 1 fully saturated rings. The molecule has 1 aliphatic carbocycles. The largest absolute Gasteiger partial charge is 0.312 e. The van der Waals surface area contributed by atoms with Crippen LogP contribution < -0.4 is 5.32 Å². The SMILES string of the molecule is CCC1CCCCC1CNC(C)(C)C. The molecular weight excluding hydrogens is 170 g/mol. The molecular formula is C13H27N. The molecule has 1 nitrogen and oxygen atoms in total. The smallest absolute Gasteiger partial charge is 0.00966 e. The molecule has 1 saturated carbocycles. The van der Waals surface area contributed by atoms with Gasteiger partial charge in [-0.3, -0.25) is 0 Å². The number of hydrogen-bond acceptors (Lipinski definition) is 1. The highest BCUT2D eigenvalue weighted by atomic mass is 14.9. The van der Waals surface area contributed by atoms with Crippen LogP contribution >= 0.6 is 0 Å². The van der Waals surface area contributed by atoms with E-state index < -0.39 is 0 Å². The van der Waals surface area contributed by atoms with Crippen LogP contribution in [0.3, 0.4) is 0 Å². The van der Waals surface area contributed by atoms with E-state index in [0.29, 0.717) is 0 Å². The van der Waals surface area contributed by atoms with E-state index in [2.05, 4.69) is 33.0 Å². The van der Waals surface area contributed by atoms with Gasteiger partial charge in [-0.2, -0.15) is 0 Å². The van der Waals surface area contributed by atoms with Gasteiger partial charge >= 0.3 is 0 Å². The molecule has 2 unspecified atom stereocenters. The Kier molecular flexibility index (Phi) is 4.43. The lowest BCUT2D eigenvalue weighted by molar-refractivity contribution is 0.209. The Hall–Kier alpha value is -0.0400. The van der Waals surface area contributed by atoms with Crippen molar-refractivity contribution in [1.29, 1.82) is 0 Å². The first-order valence-corrected chi connectivity index (χ1v) is 6.28. The van der Waals surface area contributed by atoms with Crippen molar-refractivity contribution in [3.63, 3.8) is 0 Å². The molecule has 0 aromatic carbocycles. The standard InChI is InChI=1S/C13H27N/c1-5-11-8-6-7-9-12(11)10-14-13(2,3)4/h11-12,14H,5-10H2,1-4H3. The van der Waals surface area contributed by atoms with Gasteiger partial charge in [0.1, 0.15) is 0 Å². The molecule has 14 heavy (non-hydrogen) atoms. The molecule has 1 heteroatoms. The maximum absolute atomic E-state index is 3.66. The second-order valence-corrected chi connectivity index (χ2v) is 5.84. The van der Waals surface area contributed by atoms with Gasteiger partial charge in [0.15, 0.2) is 0 Å². The third-order valence-corrected chi connectivity index (χ3v) is 3.49. The van der Waals surface area contributed by atoms with Crippen molar-refractivity contribution >= 4 is 0 Å². The molecule has 0 spiro atoms. The quantitative estimate of drug-likeness (QED) is 0.729. The molecule has 1 aliphatic rings. The van der Waals surface area contributed by atoms with Crippen LogP contribution in [-0.4, -0.2) is 12.1 Å². The van der Waals surface area contributed by atoms with Crippen LogP contribution in [0.1, 0.15) is 59.8 Å². The summed E-state index contributed by atoms with van der Waals surface area (Å²) in [6, 6.07) is 0. The van der Waals surface area contributed by atoms with Crippen LogP contribution in [0, 0.1) is 11.8 Å². The third-order valence-electron chi connectivity index (χ3n) is 3.49.